The van der Waals surface area contributed by atoms with Crippen molar-refractivity contribution in [3.05, 3.63) is 35.9 Å². The van der Waals surface area contributed by atoms with Crippen LogP contribution in [0.5, 0.6) is 0 Å². The summed E-state index contributed by atoms with van der Waals surface area (Å²) >= 11 is 0. The minimum atomic E-state index is -4.30. The molecule has 0 bridgehead atoms. The summed E-state index contributed by atoms with van der Waals surface area (Å²) in [6.45, 7) is 3.00. The summed E-state index contributed by atoms with van der Waals surface area (Å²) < 4.78 is 41.5. The van der Waals surface area contributed by atoms with Crippen molar-refractivity contribution in [3.8, 4) is 0 Å². The van der Waals surface area contributed by atoms with E-state index in [0.717, 1.165) is 5.56 Å². The summed E-state index contributed by atoms with van der Waals surface area (Å²) in [4.78, 5) is 0. The topological polar surface area (TPSA) is 21.3 Å². The van der Waals surface area contributed by atoms with Gasteiger partial charge in [0.25, 0.3) is 0 Å². The molecule has 0 heterocycles. The first-order valence-corrected chi connectivity index (χ1v) is 5.85. The molecule has 0 aliphatic heterocycles. The molecule has 0 aliphatic rings. The number of halogens is 3. The molecule has 18 heavy (non-hydrogen) atoms. The van der Waals surface area contributed by atoms with E-state index in [1.807, 2.05) is 19.9 Å². The van der Waals surface area contributed by atoms with Gasteiger partial charge in [-0.2, -0.15) is 13.2 Å². The van der Waals surface area contributed by atoms with Crippen molar-refractivity contribution in [2.45, 2.75) is 32.2 Å². The van der Waals surface area contributed by atoms with Crippen LogP contribution in [0.4, 0.5) is 13.2 Å². The molecule has 5 heteroatoms. The highest BCUT2D eigenvalue weighted by Gasteiger charge is 2.29. The maximum Gasteiger partial charge on any atom is 0.411 e. The van der Waals surface area contributed by atoms with Crippen molar-refractivity contribution in [2.24, 2.45) is 0 Å². The van der Waals surface area contributed by atoms with Gasteiger partial charge >= 0.3 is 6.18 Å². The first-order valence-electron chi connectivity index (χ1n) is 5.85. The van der Waals surface area contributed by atoms with Crippen LogP contribution < -0.4 is 5.32 Å². The Morgan fingerprint density at radius 3 is 2.28 bits per heavy atom. The molecule has 1 N–H and O–H groups in total. The van der Waals surface area contributed by atoms with Gasteiger partial charge in [0.1, 0.15) is 6.61 Å². The summed E-state index contributed by atoms with van der Waals surface area (Å²) in [5, 5.41) is 3.09. The molecule has 0 amide bonds. The Balaban J connectivity index is 2.63. The van der Waals surface area contributed by atoms with Gasteiger partial charge in [-0.15, -0.1) is 0 Å². The second-order valence-corrected chi connectivity index (χ2v) is 4.39. The van der Waals surface area contributed by atoms with E-state index in [1.165, 1.54) is 0 Å². The highest BCUT2D eigenvalue weighted by atomic mass is 19.4. The lowest BCUT2D eigenvalue weighted by Crippen LogP contribution is -2.31. The average molecular weight is 261 g/mol. The molecule has 1 aromatic rings. The summed E-state index contributed by atoms with van der Waals surface area (Å²) in [7, 11) is 0. The van der Waals surface area contributed by atoms with Crippen LogP contribution in [0.2, 0.25) is 0 Å². The predicted molar refractivity (Wildman–Crippen MR) is 64.3 cm³/mol. The van der Waals surface area contributed by atoms with Crippen LogP contribution in [0.1, 0.15) is 25.5 Å². The first kappa shape index (κ1) is 15.0. The second-order valence-electron chi connectivity index (χ2n) is 4.39. The lowest BCUT2D eigenvalue weighted by Gasteiger charge is -2.21. The Kier molecular flexibility index (Phi) is 5.62. The fraction of sp³-hybridized carbons (Fsp3) is 0.538. The van der Waals surface area contributed by atoms with Gasteiger partial charge in [-0.25, -0.2) is 0 Å². The Labute approximate surface area is 105 Å². The number of hydrogen-bond acceptors (Lipinski definition) is 2. The Morgan fingerprint density at radius 2 is 1.78 bits per heavy atom. The van der Waals surface area contributed by atoms with E-state index in [9.17, 15) is 13.2 Å². The van der Waals surface area contributed by atoms with E-state index in [-0.39, 0.29) is 6.04 Å². The van der Waals surface area contributed by atoms with E-state index in [4.69, 9.17) is 4.74 Å². The molecule has 0 spiro atoms. The zero-order valence-corrected chi connectivity index (χ0v) is 10.5. The monoisotopic (exact) mass is 261 g/mol. The standard InChI is InChI=1S/C13H18F3NO/c1-10(2)17-8-12(18-9-13(14,15)16)11-6-4-3-5-7-11/h3-7,10,12,17H,8-9H2,1-2H3. The molecule has 1 rings (SSSR count). The van der Waals surface area contributed by atoms with Crippen molar-refractivity contribution in [3.63, 3.8) is 0 Å². The zero-order chi connectivity index (χ0) is 13.6. The first-order chi connectivity index (χ1) is 8.38. The zero-order valence-electron chi connectivity index (χ0n) is 10.5. The molecule has 0 saturated heterocycles. The van der Waals surface area contributed by atoms with E-state index in [0.29, 0.717) is 6.54 Å². The van der Waals surface area contributed by atoms with Gasteiger partial charge in [-0.05, 0) is 5.56 Å². The van der Waals surface area contributed by atoms with Gasteiger partial charge < -0.3 is 10.1 Å². The van der Waals surface area contributed by atoms with E-state index < -0.39 is 18.9 Å². The molecule has 1 atom stereocenters. The SMILES string of the molecule is CC(C)NCC(OCC(F)(F)F)c1ccccc1. The summed E-state index contributed by atoms with van der Waals surface area (Å²) in [6, 6.07) is 9.13. The van der Waals surface area contributed by atoms with Gasteiger partial charge in [-0.1, -0.05) is 44.2 Å². The predicted octanol–water partition coefficient (Wildman–Crippen LogP) is 3.30. The molecule has 102 valence electrons. The van der Waals surface area contributed by atoms with Crippen molar-refractivity contribution in [2.75, 3.05) is 13.2 Å². The van der Waals surface area contributed by atoms with Crippen LogP contribution in [-0.2, 0) is 4.74 Å². The Hall–Kier alpha value is -1.07. The number of nitrogens with one attached hydrogen (secondary N) is 1. The van der Waals surface area contributed by atoms with Crippen molar-refractivity contribution in [1.29, 1.82) is 0 Å². The highest BCUT2D eigenvalue weighted by molar-refractivity contribution is 5.17. The maximum absolute atomic E-state index is 12.2. The van der Waals surface area contributed by atoms with Crippen LogP contribution in [0, 0.1) is 0 Å². The van der Waals surface area contributed by atoms with E-state index >= 15 is 0 Å². The number of alkyl halides is 3. The normalized spacial score (nSPS) is 13.9. The van der Waals surface area contributed by atoms with Gasteiger partial charge in [0.2, 0.25) is 0 Å². The number of ether oxygens (including phenoxy) is 1. The number of hydrogen-bond donors (Lipinski definition) is 1. The lowest BCUT2D eigenvalue weighted by molar-refractivity contribution is -0.185. The van der Waals surface area contributed by atoms with Crippen molar-refractivity contribution < 1.29 is 17.9 Å². The minimum absolute atomic E-state index is 0.200. The molecule has 1 unspecified atom stereocenters. The highest BCUT2D eigenvalue weighted by Crippen LogP contribution is 2.22. The van der Waals surface area contributed by atoms with Crippen LogP contribution >= 0.6 is 0 Å². The quantitative estimate of drug-likeness (QED) is 0.848. The average Bonchev–Trinajstić information content (AvgIpc) is 2.28. The van der Waals surface area contributed by atoms with Crippen LogP contribution in [-0.4, -0.2) is 25.4 Å². The third kappa shape index (κ3) is 6.02. The molecule has 0 aromatic heterocycles. The van der Waals surface area contributed by atoms with E-state index in [1.54, 1.807) is 24.3 Å². The maximum atomic E-state index is 12.2. The number of benzene rings is 1. The second kappa shape index (κ2) is 6.75. The van der Waals surface area contributed by atoms with Gasteiger partial charge in [0.05, 0.1) is 6.10 Å². The van der Waals surface area contributed by atoms with Gasteiger partial charge in [0.15, 0.2) is 0 Å². The molecule has 0 aliphatic carbocycles. The molecule has 0 radical (unpaired) electrons. The number of rotatable bonds is 6. The van der Waals surface area contributed by atoms with Crippen LogP contribution in [0.3, 0.4) is 0 Å². The Bertz CT molecular complexity index is 338. The summed E-state index contributed by atoms with van der Waals surface area (Å²) in [5.41, 5.74) is 0.745. The molecule has 1 aromatic carbocycles. The van der Waals surface area contributed by atoms with Crippen molar-refractivity contribution in [1.82, 2.24) is 5.32 Å². The summed E-state index contributed by atoms with van der Waals surface area (Å²) in [5.74, 6) is 0. The fourth-order valence-corrected chi connectivity index (χ4v) is 1.48. The Morgan fingerprint density at radius 1 is 1.17 bits per heavy atom. The van der Waals surface area contributed by atoms with E-state index in [2.05, 4.69) is 5.32 Å². The van der Waals surface area contributed by atoms with Crippen LogP contribution in [0.15, 0.2) is 30.3 Å². The molecular formula is C13H18F3NO. The molecule has 2 nitrogen and oxygen atoms in total. The van der Waals surface area contributed by atoms with Gasteiger partial charge in [-0.3, -0.25) is 0 Å². The summed E-state index contributed by atoms with van der Waals surface area (Å²) in [6.07, 6.45) is -4.89. The fourth-order valence-electron chi connectivity index (χ4n) is 1.48. The molecule has 0 saturated carbocycles. The minimum Gasteiger partial charge on any atom is -0.363 e. The smallest absolute Gasteiger partial charge is 0.363 e. The third-order valence-corrected chi connectivity index (χ3v) is 2.33. The van der Waals surface area contributed by atoms with Gasteiger partial charge in [0, 0.05) is 12.6 Å². The van der Waals surface area contributed by atoms with Crippen molar-refractivity contribution >= 4 is 0 Å². The molecular weight excluding hydrogens is 243 g/mol. The van der Waals surface area contributed by atoms with Crippen LogP contribution in [0.25, 0.3) is 0 Å². The lowest BCUT2D eigenvalue weighted by atomic mass is 10.1. The molecule has 0 fully saturated rings. The third-order valence-electron chi connectivity index (χ3n) is 2.33. The largest absolute Gasteiger partial charge is 0.411 e.